The summed E-state index contributed by atoms with van der Waals surface area (Å²) >= 11 is 0. The Morgan fingerprint density at radius 1 is 0.850 bits per heavy atom. The van der Waals surface area contributed by atoms with Gasteiger partial charge in [-0.1, -0.05) is 44.9 Å². The van der Waals surface area contributed by atoms with E-state index in [1.807, 2.05) is 0 Å². The van der Waals surface area contributed by atoms with E-state index < -0.39 is 0 Å². The van der Waals surface area contributed by atoms with E-state index in [0.29, 0.717) is 12.1 Å². The zero-order valence-corrected chi connectivity index (χ0v) is 14.1. The second-order valence-electron chi connectivity index (χ2n) is 6.10. The van der Waals surface area contributed by atoms with Gasteiger partial charge in [-0.05, 0) is 58.2 Å². The van der Waals surface area contributed by atoms with E-state index in [4.69, 9.17) is 0 Å². The van der Waals surface area contributed by atoms with Crippen molar-refractivity contribution in [3.8, 4) is 0 Å². The van der Waals surface area contributed by atoms with E-state index in [1.54, 1.807) is 0 Å². The third-order valence-corrected chi connectivity index (χ3v) is 3.93. The Labute approximate surface area is 125 Å². The van der Waals surface area contributed by atoms with Crippen LogP contribution in [0.25, 0.3) is 0 Å². The van der Waals surface area contributed by atoms with Crippen LogP contribution in [0.3, 0.4) is 0 Å². The van der Waals surface area contributed by atoms with Gasteiger partial charge in [0.25, 0.3) is 0 Å². The highest BCUT2D eigenvalue weighted by Gasteiger charge is 2.17. The van der Waals surface area contributed by atoms with Crippen LogP contribution in [0.2, 0.25) is 0 Å². The molecular formula is C18H31N2. The van der Waals surface area contributed by atoms with Crippen LogP contribution in [0.15, 0.2) is 18.2 Å². The summed E-state index contributed by atoms with van der Waals surface area (Å²) in [5.41, 5.74) is 2.66. The molecule has 113 valence electrons. The first-order valence-corrected chi connectivity index (χ1v) is 7.86. The number of nitrogens with zero attached hydrogens (tertiary/aromatic N) is 2. The van der Waals surface area contributed by atoms with Crippen molar-refractivity contribution in [1.82, 2.24) is 9.80 Å². The third-order valence-electron chi connectivity index (χ3n) is 3.93. The molecule has 0 N–H and O–H groups in total. The molecule has 0 amide bonds. The number of benzene rings is 1. The smallest absolute Gasteiger partial charge is 0.0348 e. The monoisotopic (exact) mass is 275 g/mol. The van der Waals surface area contributed by atoms with Gasteiger partial charge in [-0.3, -0.25) is 0 Å². The predicted octanol–water partition coefficient (Wildman–Crippen LogP) is 4.29. The third kappa shape index (κ3) is 4.60. The summed E-state index contributed by atoms with van der Waals surface area (Å²) in [4.78, 5) is 4.62. The lowest BCUT2D eigenvalue weighted by molar-refractivity contribution is 0.274. The Morgan fingerprint density at radius 2 is 1.25 bits per heavy atom. The molecule has 0 aromatic heterocycles. The first-order chi connectivity index (χ1) is 9.51. The van der Waals surface area contributed by atoms with Gasteiger partial charge in [0.1, 0.15) is 0 Å². The fraction of sp³-hybridized carbons (Fsp3) is 0.667. The molecule has 1 radical (unpaired) electrons. The number of hydrogen-bond donors (Lipinski definition) is 0. The van der Waals surface area contributed by atoms with Gasteiger partial charge in [0.15, 0.2) is 0 Å². The van der Waals surface area contributed by atoms with Gasteiger partial charge in [-0.25, -0.2) is 0 Å². The molecule has 2 heteroatoms. The molecule has 1 aromatic rings. The maximum absolute atomic E-state index is 3.69. The molecule has 20 heavy (non-hydrogen) atoms. The number of rotatable bonds is 8. The fourth-order valence-corrected chi connectivity index (χ4v) is 2.82. The van der Waals surface area contributed by atoms with Crippen LogP contribution in [-0.4, -0.2) is 38.0 Å². The molecule has 0 saturated heterocycles. The van der Waals surface area contributed by atoms with E-state index in [-0.39, 0.29) is 0 Å². The molecule has 0 bridgehead atoms. The van der Waals surface area contributed by atoms with Gasteiger partial charge in [-0.2, -0.15) is 0 Å². The minimum absolute atomic E-state index is 0.476. The van der Waals surface area contributed by atoms with Gasteiger partial charge in [0, 0.05) is 12.1 Å². The Hall–Kier alpha value is -0.860. The van der Waals surface area contributed by atoms with Crippen LogP contribution in [0.1, 0.15) is 62.7 Å². The second-order valence-corrected chi connectivity index (χ2v) is 6.10. The van der Waals surface area contributed by atoms with Crippen molar-refractivity contribution in [2.24, 2.45) is 0 Å². The molecule has 2 nitrogen and oxygen atoms in total. The maximum atomic E-state index is 3.69. The molecular weight excluding hydrogens is 244 g/mol. The molecule has 0 aliphatic heterocycles. The van der Waals surface area contributed by atoms with Gasteiger partial charge < -0.3 is 9.80 Å². The van der Waals surface area contributed by atoms with Crippen LogP contribution < -0.4 is 0 Å². The largest absolute Gasteiger partial charge is 0.302 e. The normalized spacial score (nSPS) is 14.8. The summed E-state index contributed by atoms with van der Waals surface area (Å²) in [6, 6.07) is 11.3. The van der Waals surface area contributed by atoms with Crippen LogP contribution in [0, 0.1) is 6.07 Å². The lowest BCUT2D eigenvalue weighted by Crippen LogP contribution is -2.22. The van der Waals surface area contributed by atoms with Crippen molar-refractivity contribution in [2.75, 3.05) is 28.2 Å². The summed E-state index contributed by atoms with van der Waals surface area (Å²) in [5, 5.41) is 0. The highest BCUT2D eigenvalue weighted by Crippen LogP contribution is 2.28. The molecule has 2 unspecified atom stereocenters. The average molecular weight is 275 g/mol. The lowest BCUT2D eigenvalue weighted by atomic mass is 9.94. The molecule has 0 fully saturated rings. The Kier molecular flexibility index (Phi) is 7.25. The molecule has 1 rings (SSSR count). The zero-order valence-electron chi connectivity index (χ0n) is 14.1. The molecule has 0 saturated carbocycles. The maximum Gasteiger partial charge on any atom is 0.0348 e. The Bertz CT molecular complexity index is 352. The molecule has 0 aliphatic carbocycles. The summed E-state index contributed by atoms with van der Waals surface area (Å²) in [6.45, 7) is 4.50. The summed E-state index contributed by atoms with van der Waals surface area (Å²) in [7, 11) is 8.65. The zero-order chi connectivity index (χ0) is 15.1. The minimum atomic E-state index is 0.476. The van der Waals surface area contributed by atoms with Crippen LogP contribution >= 0.6 is 0 Å². The van der Waals surface area contributed by atoms with E-state index >= 15 is 0 Å². The molecule has 2 atom stereocenters. The van der Waals surface area contributed by atoms with E-state index in [9.17, 15) is 0 Å². The van der Waals surface area contributed by atoms with Crippen molar-refractivity contribution in [2.45, 2.75) is 51.6 Å². The molecule has 0 heterocycles. The van der Waals surface area contributed by atoms with Crippen molar-refractivity contribution < 1.29 is 0 Å². The van der Waals surface area contributed by atoms with Crippen LogP contribution in [0.4, 0.5) is 0 Å². The highest BCUT2D eigenvalue weighted by atomic mass is 15.1. The Balaban J connectivity index is 3.03. The van der Waals surface area contributed by atoms with Crippen LogP contribution in [-0.2, 0) is 0 Å². The van der Waals surface area contributed by atoms with Gasteiger partial charge in [0.2, 0.25) is 0 Å². The van der Waals surface area contributed by atoms with Crippen molar-refractivity contribution in [3.05, 3.63) is 35.4 Å². The quantitative estimate of drug-likeness (QED) is 0.698. The van der Waals surface area contributed by atoms with E-state index in [2.05, 4.69) is 76.1 Å². The van der Waals surface area contributed by atoms with Crippen molar-refractivity contribution in [1.29, 1.82) is 0 Å². The average Bonchev–Trinajstić information content (AvgIpc) is 2.41. The SMILES string of the molecule is CCCC(c1[c]c(C(CCC)N(C)C)ccc1)N(C)C. The van der Waals surface area contributed by atoms with E-state index in [1.165, 1.54) is 36.8 Å². The first-order valence-electron chi connectivity index (χ1n) is 7.86. The van der Waals surface area contributed by atoms with Crippen LogP contribution in [0.5, 0.6) is 0 Å². The minimum Gasteiger partial charge on any atom is -0.302 e. The highest BCUT2D eigenvalue weighted by molar-refractivity contribution is 5.27. The lowest BCUT2D eigenvalue weighted by Gasteiger charge is -2.27. The standard InChI is InChI=1S/C18H31N2/c1-7-10-17(19(3)4)15-12-9-13-16(14-15)18(11-8-2)20(5)6/h9,12-13,17-18H,7-8,10-11H2,1-6H3. The van der Waals surface area contributed by atoms with Crippen molar-refractivity contribution in [3.63, 3.8) is 0 Å². The summed E-state index contributed by atoms with van der Waals surface area (Å²) in [5.74, 6) is 0. The first kappa shape index (κ1) is 17.2. The van der Waals surface area contributed by atoms with Crippen molar-refractivity contribution >= 4 is 0 Å². The van der Waals surface area contributed by atoms with Gasteiger partial charge >= 0.3 is 0 Å². The summed E-state index contributed by atoms with van der Waals surface area (Å²) < 4.78 is 0. The fourth-order valence-electron chi connectivity index (χ4n) is 2.82. The molecule has 1 aromatic carbocycles. The Morgan fingerprint density at radius 3 is 1.55 bits per heavy atom. The molecule has 0 spiro atoms. The number of hydrogen-bond acceptors (Lipinski definition) is 2. The topological polar surface area (TPSA) is 6.48 Å². The predicted molar refractivity (Wildman–Crippen MR) is 88.0 cm³/mol. The van der Waals surface area contributed by atoms with Gasteiger partial charge in [0.05, 0.1) is 0 Å². The molecule has 0 aliphatic rings. The van der Waals surface area contributed by atoms with E-state index in [0.717, 1.165) is 0 Å². The second kappa shape index (κ2) is 8.43. The van der Waals surface area contributed by atoms with Gasteiger partial charge in [-0.15, -0.1) is 0 Å². The summed E-state index contributed by atoms with van der Waals surface area (Å²) in [6.07, 6.45) is 4.78.